The molecule has 11 aromatic rings. The van der Waals surface area contributed by atoms with Gasteiger partial charge < -0.3 is 8.83 Å². The van der Waals surface area contributed by atoms with E-state index in [0.29, 0.717) is 0 Å². The lowest BCUT2D eigenvalue weighted by Gasteiger charge is -2.35. The van der Waals surface area contributed by atoms with Gasteiger partial charge in [-0.25, -0.2) is 0 Å². The third kappa shape index (κ3) is 4.31. The molecule has 1 aliphatic carbocycles. The Morgan fingerprint density at radius 3 is 1.36 bits per heavy atom. The molecule has 2 nitrogen and oxygen atoms in total. The largest absolute Gasteiger partial charge is 0.456 e. The second kappa shape index (κ2) is 11.4. The van der Waals surface area contributed by atoms with E-state index in [9.17, 15) is 0 Å². The normalized spacial score (nSPS) is 13.2. The van der Waals surface area contributed by atoms with Gasteiger partial charge in [-0.3, -0.25) is 0 Å². The van der Waals surface area contributed by atoms with Crippen LogP contribution >= 0.6 is 0 Å². The summed E-state index contributed by atoms with van der Waals surface area (Å²) in [5, 5.41) is 7.03. The SMILES string of the molecule is c1ccc(C2(c3ccccc3)c3cc(-c4ccc5c(c4)oc4ccccc45)ccc3-c3ccc4cc(-c5ccc6c(c5)oc5ccccc56)ccc4c32)cc1. The molecule has 12 rings (SSSR count). The quantitative estimate of drug-likeness (QED) is 0.183. The Hall–Kier alpha value is -7.16. The number of rotatable bonds is 4. The standard InChI is InChI=1S/C53H32O2/c1-3-11-38(12-4-1)53(39-13-5-2-6-14-39)47-30-34(36-22-27-45-43-16-8-10-18-49(43)55-51(45)32-36)20-25-41(47)46-28-23-37-29-33(19-24-40(37)52(46)53)35-21-26-44-42-15-7-9-17-48(42)54-50(44)31-35/h1-32H. The fourth-order valence-corrected chi connectivity index (χ4v) is 9.50. The zero-order valence-electron chi connectivity index (χ0n) is 29.8. The highest BCUT2D eigenvalue weighted by atomic mass is 16.3. The smallest absolute Gasteiger partial charge is 0.136 e. The van der Waals surface area contributed by atoms with Crippen molar-refractivity contribution in [3.63, 3.8) is 0 Å². The molecule has 0 unspecified atom stereocenters. The highest BCUT2D eigenvalue weighted by molar-refractivity contribution is 6.08. The van der Waals surface area contributed by atoms with Gasteiger partial charge in [-0.1, -0.05) is 146 Å². The van der Waals surface area contributed by atoms with Gasteiger partial charge in [0.05, 0.1) is 5.41 Å². The lowest BCUT2D eigenvalue weighted by molar-refractivity contribution is 0.668. The van der Waals surface area contributed by atoms with Crippen LogP contribution in [-0.2, 0) is 5.41 Å². The maximum absolute atomic E-state index is 6.36. The summed E-state index contributed by atoms with van der Waals surface area (Å²) in [6.07, 6.45) is 0. The third-order valence-corrected chi connectivity index (χ3v) is 11.9. The number of para-hydroxylation sites is 2. The molecule has 0 radical (unpaired) electrons. The molecule has 2 heteroatoms. The van der Waals surface area contributed by atoms with Crippen LogP contribution in [0.5, 0.6) is 0 Å². The molecular formula is C53H32O2. The predicted molar refractivity (Wildman–Crippen MR) is 227 cm³/mol. The molecule has 0 fully saturated rings. The van der Waals surface area contributed by atoms with Crippen molar-refractivity contribution in [1.82, 2.24) is 0 Å². The van der Waals surface area contributed by atoms with E-state index in [1.54, 1.807) is 0 Å². The maximum Gasteiger partial charge on any atom is 0.136 e. The molecule has 2 heterocycles. The van der Waals surface area contributed by atoms with Gasteiger partial charge in [0, 0.05) is 21.5 Å². The van der Waals surface area contributed by atoms with E-state index in [4.69, 9.17) is 8.83 Å². The molecule has 256 valence electrons. The zero-order valence-corrected chi connectivity index (χ0v) is 29.8. The van der Waals surface area contributed by atoms with Crippen LogP contribution in [0.1, 0.15) is 22.3 Å². The average molecular weight is 701 g/mol. The van der Waals surface area contributed by atoms with Crippen LogP contribution in [-0.4, -0.2) is 0 Å². The first-order valence-electron chi connectivity index (χ1n) is 18.9. The molecule has 0 bridgehead atoms. The monoisotopic (exact) mass is 700 g/mol. The summed E-state index contributed by atoms with van der Waals surface area (Å²) in [6, 6.07) is 70.6. The van der Waals surface area contributed by atoms with E-state index >= 15 is 0 Å². The molecule has 0 saturated carbocycles. The molecule has 0 amide bonds. The van der Waals surface area contributed by atoms with Crippen molar-refractivity contribution in [2.24, 2.45) is 0 Å². The van der Waals surface area contributed by atoms with E-state index in [0.717, 1.165) is 60.6 Å². The number of benzene rings is 9. The van der Waals surface area contributed by atoms with E-state index < -0.39 is 5.41 Å². The summed E-state index contributed by atoms with van der Waals surface area (Å²) in [5.74, 6) is 0. The van der Waals surface area contributed by atoms with Gasteiger partial charge in [0.25, 0.3) is 0 Å². The van der Waals surface area contributed by atoms with E-state index in [1.165, 1.54) is 49.7 Å². The van der Waals surface area contributed by atoms with Gasteiger partial charge in [0.2, 0.25) is 0 Å². The first-order chi connectivity index (χ1) is 27.2. The van der Waals surface area contributed by atoms with Crippen molar-refractivity contribution >= 4 is 54.6 Å². The Labute approximate surface area is 317 Å². The van der Waals surface area contributed by atoms with Crippen LogP contribution < -0.4 is 0 Å². The van der Waals surface area contributed by atoms with Gasteiger partial charge in [0.15, 0.2) is 0 Å². The Bertz CT molecular complexity index is 3270. The van der Waals surface area contributed by atoms with Crippen molar-refractivity contribution in [2.75, 3.05) is 0 Å². The fourth-order valence-electron chi connectivity index (χ4n) is 9.50. The predicted octanol–water partition coefficient (Wildman–Crippen LogP) is 14.3. The van der Waals surface area contributed by atoms with Crippen LogP contribution in [0.25, 0.3) is 88.0 Å². The topological polar surface area (TPSA) is 26.3 Å². The van der Waals surface area contributed by atoms with Crippen LogP contribution in [0, 0.1) is 0 Å². The highest BCUT2D eigenvalue weighted by Crippen LogP contribution is 2.59. The second-order valence-corrected chi connectivity index (χ2v) is 14.8. The van der Waals surface area contributed by atoms with E-state index in [-0.39, 0.29) is 0 Å². The molecule has 0 saturated heterocycles. The van der Waals surface area contributed by atoms with Crippen LogP contribution in [0.15, 0.2) is 203 Å². The molecule has 2 aromatic heterocycles. The van der Waals surface area contributed by atoms with Crippen molar-refractivity contribution in [1.29, 1.82) is 0 Å². The maximum atomic E-state index is 6.36. The number of hydrogen-bond donors (Lipinski definition) is 0. The number of hydrogen-bond acceptors (Lipinski definition) is 2. The van der Waals surface area contributed by atoms with Crippen molar-refractivity contribution in [2.45, 2.75) is 5.41 Å². The molecule has 0 N–H and O–H groups in total. The molecule has 0 aliphatic heterocycles. The number of furan rings is 2. The van der Waals surface area contributed by atoms with Gasteiger partial charge >= 0.3 is 0 Å². The average Bonchev–Trinajstić information content (AvgIpc) is 3.91. The summed E-state index contributed by atoms with van der Waals surface area (Å²) < 4.78 is 12.7. The molecular weight excluding hydrogens is 669 g/mol. The Morgan fingerprint density at radius 2 is 0.764 bits per heavy atom. The summed E-state index contributed by atoms with van der Waals surface area (Å²) in [7, 11) is 0. The minimum atomic E-state index is -0.555. The van der Waals surface area contributed by atoms with Gasteiger partial charge in [-0.05, 0) is 115 Å². The Kier molecular flexibility index (Phi) is 6.29. The minimum absolute atomic E-state index is 0.555. The van der Waals surface area contributed by atoms with E-state index in [2.05, 4.69) is 170 Å². The van der Waals surface area contributed by atoms with Gasteiger partial charge in [0.1, 0.15) is 22.3 Å². The Morgan fingerprint density at radius 1 is 0.309 bits per heavy atom. The highest BCUT2D eigenvalue weighted by Gasteiger charge is 2.47. The molecule has 55 heavy (non-hydrogen) atoms. The van der Waals surface area contributed by atoms with Crippen molar-refractivity contribution < 1.29 is 8.83 Å². The van der Waals surface area contributed by atoms with Crippen molar-refractivity contribution in [3.05, 3.63) is 216 Å². The zero-order chi connectivity index (χ0) is 36.1. The van der Waals surface area contributed by atoms with Crippen LogP contribution in [0.4, 0.5) is 0 Å². The third-order valence-electron chi connectivity index (χ3n) is 11.9. The van der Waals surface area contributed by atoms with Gasteiger partial charge in [-0.2, -0.15) is 0 Å². The molecule has 0 atom stereocenters. The molecule has 9 aromatic carbocycles. The van der Waals surface area contributed by atoms with Crippen molar-refractivity contribution in [3.8, 4) is 33.4 Å². The summed E-state index contributed by atoms with van der Waals surface area (Å²) in [4.78, 5) is 0. The summed E-state index contributed by atoms with van der Waals surface area (Å²) in [5.41, 5.74) is 15.3. The van der Waals surface area contributed by atoms with Crippen LogP contribution in [0.3, 0.4) is 0 Å². The first-order valence-corrected chi connectivity index (χ1v) is 18.9. The summed E-state index contributed by atoms with van der Waals surface area (Å²) in [6.45, 7) is 0. The molecule has 1 aliphatic rings. The lowest BCUT2D eigenvalue weighted by atomic mass is 9.66. The summed E-state index contributed by atoms with van der Waals surface area (Å²) >= 11 is 0. The minimum Gasteiger partial charge on any atom is -0.456 e. The number of fused-ring (bicyclic) bond motifs is 11. The Balaban J connectivity index is 1.09. The second-order valence-electron chi connectivity index (χ2n) is 14.8. The first kappa shape index (κ1) is 30.3. The van der Waals surface area contributed by atoms with Crippen LogP contribution in [0.2, 0.25) is 0 Å². The van der Waals surface area contributed by atoms with Gasteiger partial charge in [-0.15, -0.1) is 0 Å². The molecule has 0 spiro atoms. The van der Waals surface area contributed by atoms with E-state index in [1.807, 2.05) is 24.3 Å². The lowest BCUT2D eigenvalue weighted by Crippen LogP contribution is -2.28. The fraction of sp³-hybridized carbons (Fsp3) is 0.0189.